The summed E-state index contributed by atoms with van der Waals surface area (Å²) in [6, 6.07) is 0. The van der Waals surface area contributed by atoms with Gasteiger partial charge >= 0.3 is 5.97 Å². The number of unbranched alkanes of at least 4 members (excludes halogenated alkanes) is 6. The van der Waals surface area contributed by atoms with Gasteiger partial charge in [-0.15, -0.1) is 0 Å². The minimum Gasteiger partial charge on any atom is -0.512 e. The number of hydrogen-bond acceptors (Lipinski definition) is 3. The molecular formula is C14H24O3. The summed E-state index contributed by atoms with van der Waals surface area (Å²) in [5, 5.41) is 9.31. The molecule has 1 rings (SSSR count). The first-order chi connectivity index (χ1) is 8.22. The third-order valence-corrected chi connectivity index (χ3v) is 3.13. The quantitative estimate of drug-likeness (QED) is 0.517. The summed E-state index contributed by atoms with van der Waals surface area (Å²) in [4.78, 5) is 11.0. The third-order valence-electron chi connectivity index (χ3n) is 3.13. The van der Waals surface area contributed by atoms with Crippen LogP contribution < -0.4 is 0 Å². The molecule has 0 aliphatic carbocycles. The number of rotatable bonds is 8. The summed E-state index contributed by atoms with van der Waals surface area (Å²) in [5.74, 6) is -0.240. The Morgan fingerprint density at radius 1 is 1.24 bits per heavy atom. The maximum Gasteiger partial charge on any atom is 0.334 e. The van der Waals surface area contributed by atoms with E-state index in [2.05, 4.69) is 6.92 Å². The molecule has 17 heavy (non-hydrogen) atoms. The maximum absolute atomic E-state index is 11.0. The molecule has 0 saturated heterocycles. The second kappa shape index (κ2) is 8.15. The van der Waals surface area contributed by atoms with Crippen molar-refractivity contribution in [3.05, 3.63) is 11.8 Å². The summed E-state index contributed by atoms with van der Waals surface area (Å²) in [5.41, 5.74) is 0. The first-order valence-electron chi connectivity index (χ1n) is 6.82. The van der Waals surface area contributed by atoms with E-state index < -0.39 is 5.97 Å². The lowest BCUT2D eigenvalue weighted by molar-refractivity contribution is -0.145. The molecule has 1 aliphatic rings. The Bertz CT molecular complexity index is 258. The number of aliphatic hydroxyl groups is 1. The van der Waals surface area contributed by atoms with Crippen LogP contribution in [0.4, 0.5) is 0 Å². The van der Waals surface area contributed by atoms with Crippen LogP contribution in [0.1, 0.15) is 64.7 Å². The van der Waals surface area contributed by atoms with Crippen molar-refractivity contribution in [2.75, 3.05) is 0 Å². The van der Waals surface area contributed by atoms with Gasteiger partial charge in [-0.3, -0.25) is 0 Å². The standard InChI is InChI=1S/C14H24O3/c1-2-3-4-5-6-7-8-9-13-10-12(15)11-14(16)17-13/h11,13,15H,2-10H2,1H3/t13-/m1/s1. The van der Waals surface area contributed by atoms with E-state index in [1.54, 1.807) is 0 Å². The summed E-state index contributed by atoms with van der Waals surface area (Å²) in [6.07, 6.45) is 11.2. The molecule has 3 nitrogen and oxygen atoms in total. The fraction of sp³-hybridized carbons (Fsp3) is 0.786. The van der Waals surface area contributed by atoms with Gasteiger partial charge in [-0.1, -0.05) is 45.4 Å². The molecule has 1 atom stereocenters. The van der Waals surface area contributed by atoms with Gasteiger partial charge in [0, 0.05) is 6.42 Å². The van der Waals surface area contributed by atoms with Crippen LogP contribution in [0.5, 0.6) is 0 Å². The normalized spacial score (nSPS) is 19.9. The fourth-order valence-corrected chi connectivity index (χ4v) is 2.16. The Morgan fingerprint density at radius 3 is 2.53 bits per heavy atom. The predicted molar refractivity (Wildman–Crippen MR) is 67.8 cm³/mol. The summed E-state index contributed by atoms with van der Waals surface area (Å²) in [6.45, 7) is 2.22. The second-order valence-corrected chi connectivity index (χ2v) is 4.81. The zero-order valence-electron chi connectivity index (χ0n) is 10.8. The molecule has 0 saturated carbocycles. The van der Waals surface area contributed by atoms with E-state index in [9.17, 15) is 9.90 Å². The lowest BCUT2D eigenvalue weighted by Crippen LogP contribution is -2.22. The smallest absolute Gasteiger partial charge is 0.334 e. The number of hydrogen-bond donors (Lipinski definition) is 1. The van der Waals surface area contributed by atoms with Crippen LogP contribution >= 0.6 is 0 Å². The Balaban J connectivity index is 2.00. The topological polar surface area (TPSA) is 46.5 Å². The Morgan fingerprint density at radius 2 is 1.88 bits per heavy atom. The van der Waals surface area contributed by atoms with Crippen LogP contribution in [0, 0.1) is 0 Å². The number of ether oxygens (including phenoxy) is 1. The number of esters is 1. The minimum atomic E-state index is -0.401. The monoisotopic (exact) mass is 240 g/mol. The van der Waals surface area contributed by atoms with E-state index in [0.29, 0.717) is 6.42 Å². The largest absolute Gasteiger partial charge is 0.512 e. The molecule has 0 radical (unpaired) electrons. The summed E-state index contributed by atoms with van der Waals surface area (Å²) in [7, 11) is 0. The van der Waals surface area contributed by atoms with Gasteiger partial charge in [-0.25, -0.2) is 4.79 Å². The molecule has 0 fully saturated rings. The SMILES string of the molecule is CCCCCCCCC[C@@H]1CC(O)=CC(=O)O1. The summed E-state index contributed by atoms with van der Waals surface area (Å²) < 4.78 is 5.13. The third kappa shape index (κ3) is 6.35. The molecule has 0 aromatic heterocycles. The van der Waals surface area contributed by atoms with Crippen molar-refractivity contribution in [1.82, 2.24) is 0 Å². The predicted octanol–water partition coefficient (Wildman–Crippen LogP) is 3.88. The molecule has 0 unspecified atom stereocenters. The Kier molecular flexibility index (Phi) is 6.75. The second-order valence-electron chi connectivity index (χ2n) is 4.81. The molecule has 1 N–H and O–H groups in total. The van der Waals surface area contributed by atoms with E-state index in [0.717, 1.165) is 12.8 Å². The molecule has 0 spiro atoms. The highest BCUT2D eigenvalue weighted by Crippen LogP contribution is 2.19. The minimum absolute atomic E-state index is 0.108. The molecule has 3 heteroatoms. The first kappa shape index (κ1) is 14.1. The van der Waals surface area contributed by atoms with Crippen molar-refractivity contribution in [3.8, 4) is 0 Å². The van der Waals surface area contributed by atoms with Gasteiger partial charge in [0.25, 0.3) is 0 Å². The van der Waals surface area contributed by atoms with Gasteiger partial charge in [-0.2, -0.15) is 0 Å². The molecule has 98 valence electrons. The van der Waals surface area contributed by atoms with Crippen LogP contribution in [0.15, 0.2) is 11.8 Å². The van der Waals surface area contributed by atoms with Crippen LogP contribution in [0.2, 0.25) is 0 Å². The van der Waals surface area contributed by atoms with Crippen LogP contribution in [-0.4, -0.2) is 17.2 Å². The van der Waals surface area contributed by atoms with Crippen molar-refractivity contribution >= 4 is 5.97 Å². The highest BCUT2D eigenvalue weighted by atomic mass is 16.5. The fourth-order valence-electron chi connectivity index (χ4n) is 2.16. The Labute approximate surface area is 104 Å². The van der Waals surface area contributed by atoms with E-state index in [1.165, 1.54) is 44.6 Å². The zero-order chi connectivity index (χ0) is 12.5. The van der Waals surface area contributed by atoms with Crippen LogP contribution in [0.3, 0.4) is 0 Å². The van der Waals surface area contributed by atoms with Gasteiger partial charge in [0.15, 0.2) is 0 Å². The molecule has 0 aromatic rings. The summed E-state index contributed by atoms with van der Waals surface area (Å²) >= 11 is 0. The van der Waals surface area contributed by atoms with Crippen molar-refractivity contribution in [2.45, 2.75) is 70.8 Å². The number of cyclic esters (lactones) is 1. The maximum atomic E-state index is 11.0. The highest BCUT2D eigenvalue weighted by molar-refractivity contribution is 5.83. The van der Waals surface area contributed by atoms with E-state index >= 15 is 0 Å². The average Bonchev–Trinajstić information content (AvgIpc) is 2.26. The van der Waals surface area contributed by atoms with E-state index in [1.807, 2.05) is 0 Å². The van der Waals surface area contributed by atoms with Crippen molar-refractivity contribution < 1.29 is 14.6 Å². The van der Waals surface area contributed by atoms with Gasteiger partial charge in [0.1, 0.15) is 11.9 Å². The van der Waals surface area contributed by atoms with Crippen molar-refractivity contribution in [3.63, 3.8) is 0 Å². The molecule has 0 amide bonds. The first-order valence-corrected chi connectivity index (χ1v) is 6.82. The van der Waals surface area contributed by atoms with E-state index in [-0.39, 0.29) is 11.9 Å². The molecule has 1 aliphatic heterocycles. The van der Waals surface area contributed by atoms with Crippen molar-refractivity contribution in [2.24, 2.45) is 0 Å². The van der Waals surface area contributed by atoms with Gasteiger partial charge in [-0.05, 0) is 12.8 Å². The van der Waals surface area contributed by atoms with E-state index in [4.69, 9.17) is 4.74 Å². The molecule has 1 heterocycles. The highest BCUT2D eigenvalue weighted by Gasteiger charge is 2.20. The van der Waals surface area contributed by atoms with Crippen LogP contribution in [-0.2, 0) is 9.53 Å². The number of carbonyl (C=O) groups excluding carboxylic acids is 1. The number of carbonyl (C=O) groups is 1. The van der Waals surface area contributed by atoms with Crippen LogP contribution in [0.25, 0.3) is 0 Å². The van der Waals surface area contributed by atoms with Gasteiger partial charge < -0.3 is 9.84 Å². The Hall–Kier alpha value is -0.990. The molecule has 0 aromatic carbocycles. The zero-order valence-corrected chi connectivity index (χ0v) is 10.8. The van der Waals surface area contributed by atoms with Gasteiger partial charge in [0.05, 0.1) is 6.08 Å². The lowest BCUT2D eigenvalue weighted by atomic mass is 10.0. The number of aliphatic hydroxyl groups excluding tert-OH is 1. The molecular weight excluding hydrogens is 216 g/mol. The average molecular weight is 240 g/mol. The van der Waals surface area contributed by atoms with Gasteiger partial charge in [0.2, 0.25) is 0 Å². The lowest BCUT2D eigenvalue weighted by Gasteiger charge is -2.20. The van der Waals surface area contributed by atoms with Crippen molar-refractivity contribution in [1.29, 1.82) is 0 Å². The molecule has 0 bridgehead atoms.